The molecule has 1 aliphatic carbocycles. The Morgan fingerprint density at radius 1 is 1.18 bits per heavy atom. The first-order valence-corrected chi connectivity index (χ1v) is 9.12. The van der Waals surface area contributed by atoms with Gasteiger partial charge in [-0.2, -0.15) is 0 Å². The van der Waals surface area contributed by atoms with E-state index >= 15 is 4.39 Å². The number of halogens is 3. The highest BCUT2D eigenvalue weighted by atomic mass is 19.1. The van der Waals surface area contributed by atoms with E-state index in [0.29, 0.717) is 5.82 Å². The van der Waals surface area contributed by atoms with E-state index in [1.807, 2.05) is 13.8 Å². The standard InChI is InChI=1S/C20H19F3N4O/c1-9(2)18-25-26-19-17(23)16(15(22)8-27(18)19)13-6-11(7-14(21)10(13)3)20(28)24-12-4-5-12/h6-9,12H,4-5H2,1-3H3,(H,24,28). The third-order valence-electron chi connectivity index (χ3n) is 4.92. The average molecular weight is 388 g/mol. The van der Waals surface area contributed by atoms with Crippen LogP contribution in [-0.2, 0) is 0 Å². The highest BCUT2D eigenvalue weighted by Crippen LogP contribution is 2.33. The van der Waals surface area contributed by atoms with Gasteiger partial charge in [-0.05, 0) is 43.0 Å². The summed E-state index contributed by atoms with van der Waals surface area (Å²) in [5, 5.41) is 10.5. The number of pyridine rings is 1. The van der Waals surface area contributed by atoms with E-state index < -0.39 is 28.9 Å². The minimum absolute atomic E-state index is 0.0208. The lowest BCUT2D eigenvalue weighted by molar-refractivity contribution is 0.0950. The molecule has 8 heteroatoms. The van der Waals surface area contributed by atoms with E-state index in [-0.39, 0.29) is 34.3 Å². The van der Waals surface area contributed by atoms with Crippen LogP contribution in [0.1, 0.15) is 54.4 Å². The van der Waals surface area contributed by atoms with Gasteiger partial charge in [-0.1, -0.05) is 13.8 Å². The van der Waals surface area contributed by atoms with Gasteiger partial charge < -0.3 is 5.32 Å². The summed E-state index contributed by atoms with van der Waals surface area (Å²) >= 11 is 0. The molecule has 1 saturated carbocycles. The molecular weight excluding hydrogens is 369 g/mol. The third-order valence-corrected chi connectivity index (χ3v) is 4.92. The second-order valence-corrected chi connectivity index (χ2v) is 7.45. The number of benzene rings is 1. The zero-order chi connectivity index (χ0) is 20.2. The van der Waals surface area contributed by atoms with E-state index in [2.05, 4.69) is 15.5 Å². The Bertz CT molecular complexity index is 1100. The molecule has 4 rings (SSSR count). The van der Waals surface area contributed by atoms with Gasteiger partial charge in [0.2, 0.25) is 0 Å². The lowest BCUT2D eigenvalue weighted by Gasteiger charge is -2.13. The van der Waals surface area contributed by atoms with Crippen LogP contribution < -0.4 is 5.32 Å². The van der Waals surface area contributed by atoms with Crippen molar-refractivity contribution >= 4 is 11.6 Å². The van der Waals surface area contributed by atoms with Crippen LogP contribution in [-0.4, -0.2) is 26.5 Å². The monoisotopic (exact) mass is 388 g/mol. The molecule has 1 amide bonds. The summed E-state index contributed by atoms with van der Waals surface area (Å²) in [4.78, 5) is 12.3. The Balaban J connectivity index is 1.89. The third kappa shape index (κ3) is 3.02. The largest absolute Gasteiger partial charge is 0.349 e. The maximum atomic E-state index is 15.2. The molecule has 1 fully saturated rings. The number of carbonyl (C=O) groups is 1. The molecule has 0 bridgehead atoms. The van der Waals surface area contributed by atoms with Crippen molar-refractivity contribution in [1.29, 1.82) is 0 Å². The van der Waals surface area contributed by atoms with E-state index in [9.17, 15) is 13.6 Å². The summed E-state index contributed by atoms with van der Waals surface area (Å²) < 4.78 is 45.8. The second-order valence-electron chi connectivity index (χ2n) is 7.45. The number of rotatable bonds is 4. The van der Waals surface area contributed by atoms with Crippen molar-refractivity contribution < 1.29 is 18.0 Å². The van der Waals surface area contributed by atoms with Gasteiger partial charge in [0, 0.05) is 23.7 Å². The van der Waals surface area contributed by atoms with Gasteiger partial charge in [0.25, 0.3) is 5.91 Å². The van der Waals surface area contributed by atoms with Gasteiger partial charge >= 0.3 is 0 Å². The van der Waals surface area contributed by atoms with Gasteiger partial charge in [-0.3, -0.25) is 9.20 Å². The molecule has 1 N–H and O–H groups in total. The molecule has 0 aliphatic heterocycles. The van der Waals surface area contributed by atoms with Crippen LogP contribution in [0.25, 0.3) is 16.8 Å². The van der Waals surface area contributed by atoms with Gasteiger partial charge in [0.05, 0.1) is 5.56 Å². The van der Waals surface area contributed by atoms with Gasteiger partial charge in [-0.15, -0.1) is 10.2 Å². The van der Waals surface area contributed by atoms with E-state index in [4.69, 9.17) is 0 Å². The summed E-state index contributed by atoms with van der Waals surface area (Å²) in [6.45, 7) is 5.09. The quantitative estimate of drug-likeness (QED) is 0.731. The van der Waals surface area contributed by atoms with Crippen LogP contribution in [0.5, 0.6) is 0 Å². The molecule has 1 aromatic carbocycles. The molecule has 28 heavy (non-hydrogen) atoms. The molecule has 1 aliphatic rings. The summed E-state index contributed by atoms with van der Waals surface area (Å²) in [5.41, 5.74) is -0.519. The first kappa shape index (κ1) is 18.5. The number of carbonyl (C=O) groups excluding carboxylic acids is 1. The van der Waals surface area contributed by atoms with Gasteiger partial charge in [-0.25, -0.2) is 13.2 Å². The maximum Gasteiger partial charge on any atom is 0.251 e. The molecule has 0 radical (unpaired) electrons. The Morgan fingerprint density at radius 3 is 2.54 bits per heavy atom. The molecule has 0 unspecified atom stereocenters. The number of hydrogen-bond donors (Lipinski definition) is 1. The predicted molar refractivity (Wildman–Crippen MR) is 97.6 cm³/mol. The summed E-state index contributed by atoms with van der Waals surface area (Å²) in [6, 6.07) is 2.47. The first-order chi connectivity index (χ1) is 13.3. The molecule has 0 spiro atoms. The molecular formula is C20H19F3N4O. The summed E-state index contributed by atoms with van der Waals surface area (Å²) in [5.74, 6) is -2.67. The summed E-state index contributed by atoms with van der Waals surface area (Å²) in [6.07, 6.45) is 2.84. The first-order valence-electron chi connectivity index (χ1n) is 9.12. The fourth-order valence-electron chi connectivity index (χ4n) is 3.18. The van der Waals surface area contributed by atoms with Crippen molar-refractivity contribution in [3.63, 3.8) is 0 Å². The average Bonchev–Trinajstić information content (AvgIpc) is 3.33. The Labute approximate surface area is 159 Å². The Kier molecular flexibility index (Phi) is 4.36. The van der Waals surface area contributed by atoms with Crippen molar-refractivity contribution in [3.05, 3.63) is 52.7 Å². The number of aromatic nitrogens is 3. The molecule has 146 valence electrons. The van der Waals surface area contributed by atoms with Crippen molar-refractivity contribution in [2.45, 2.75) is 45.6 Å². The van der Waals surface area contributed by atoms with Crippen LogP contribution in [0.3, 0.4) is 0 Å². The highest BCUT2D eigenvalue weighted by molar-refractivity contribution is 5.96. The smallest absolute Gasteiger partial charge is 0.251 e. The molecule has 2 heterocycles. The van der Waals surface area contributed by atoms with E-state index in [1.165, 1.54) is 17.4 Å². The van der Waals surface area contributed by atoms with Crippen LogP contribution >= 0.6 is 0 Å². The van der Waals surface area contributed by atoms with Crippen molar-refractivity contribution in [1.82, 2.24) is 19.9 Å². The minimum Gasteiger partial charge on any atom is -0.349 e. The fourth-order valence-corrected chi connectivity index (χ4v) is 3.18. The normalized spacial score (nSPS) is 14.1. The topological polar surface area (TPSA) is 59.3 Å². The Morgan fingerprint density at radius 2 is 1.89 bits per heavy atom. The lowest BCUT2D eigenvalue weighted by atomic mass is 9.97. The lowest BCUT2D eigenvalue weighted by Crippen LogP contribution is -2.25. The minimum atomic E-state index is -0.943. The molecule has 2 aromatic heterocycles. The highest BCUT2D eigenvalue weighted by Gasteiger charge is 2.27. The number of fused-ring (bicyclic) bond motifs is 1. The number of amides is 1. The van der Waals surface area contributed by atoms with Crippen LogP contribution in [0.2, 0.25) is 0 Å². The SMILES string of the molecule is Cc1c(F)cc(C(=O)NC2CC2)cc1-c1c(F)cn2c(C(C)C)nnc2c1F. The molecule has 5 nitrogen and oxygen atoms in total. The molecule has 0 atom stereocenters. The number of nitrogens with one attached hydrogen (secondary N) is 1. The zero-order valence-corrected chi connectivity index (χ0v) is 15.7. The van der Waals surface area contributed by atoms with Crippen molar-refractivity contribution in [2.24, 2.45) is 0 Å². The second kappa shape index (κ2) is 6.61. The van der Waals surface area contributed by atoms with Gasteiger partial charge in [0.1, 0.15) is 11.6 Å². The van der Waals surface area contributed by atoms with Crippen molar-refractivity contribution in [3.8, 4) is 11.1 Å². The predicted octanol–water partition coefficient (Wildman–Crippen LogP) is 4.14. The van der Waals surface area contributed by atoms with Crippen molar-refractivity contribution in [2.75, 3.05) is 0 Å². The summed E-state index contributed by atoms with van der Waals surface area (Å²) in [7, 11) is 0. The number of nitrogens with zero attached hydrogens (tertiary/aromatic N) is 3. The number of hydrogen-bond acceptors (Lipinski definition) is 3. The molecule has 3 aromatic rings. The van der Waals surface area contributed by atoms with E-state index in [0.717, 1.165) is 25.1 Å². The molecule has 0 saturated heterocycles. The maximum absolute atomic E-state index is 15.2. The fraction of sp³-hybridized carbons (Fsp3) is 0.350. The Hall–Kier alpha value is -2.90. The van der Waals surface area contributed by atoms with Gasteiger partial charge in [0.15, 0.2) is 17.3 Å². The van der Waals surface area contributed by atoms with Crippen LogP contribution in [0.15, 0.2) is 18.3 Å². The zero-order valence-electron chi connectivity index (χ0n) is 15.7. The van der Waals surface area contributed by atoms with Crippen LogP contribution in [0, 0.1) is 24.4 Å². The van der Waals surface area contributed by atoms with Crippen LogP contribution in [0.4, 0.5) is 13.2 Å². The van der Waals surface area contributed by atoms with E-state index in [1.54, 1.807) is 0 Å².